The summed E-state index contributed by atoms with van der Waals surface area (Å²) in [6.07, 6.45) is 1.27. The predicted molar refractivity (Wildman–Crippen MR) is 148 cm³/mol. The van der Waals surface area contributed by atoms with E-state index in [4.69, 9.17) is 9.54 Å². The van der Waals surface area contributed by atoms with Crippen LogP contribution in [0.15, 0.2) is 66.7 Å². The van der Waals surface area contributed by atoms with Gasteiger partial charge >= 0.3 is 0 Å². The van der Waals surface area contributed by atoms with Gasteiger partial charge in [-0.05, 0) is 55.0 Å². The van der Waals surface area contributed by atoms with E-state index in [9.17, 15) is 21.6 Å². The molecule has 0 bridgehead atoms. The van der Waals surface area contributed by atoms with E-state index in [1.807, 2.05) is 61.5 Å². The first-order valence-corrected chi connectivity index (χ1v) is 14.7. The van der Waals surface area contributed by atoms with E-state index in [-0.39, 0.29) is 11.7 Å². The van der Waals surface area contributed by atoms with E-state index >= 15 is 0 Å². The molecule has 0 aliphatic heterocycles. The number of hydrogen-bond donors (Lipinski definition) is 4. The topological polar surface area (TPSA) is 155 Å². The monoisotopic (exact) mass is 544 g/mol. The van der Waals surface area contributed by atoms with Gasteiger partial charge in [-0.25, -0.2) is 13.4 Å². The predicted octanol–water partition coefficient (Wildman–Crippen LogP) is 4.75. The SMILES string of the molecule is CCCS(=O)(=O)Nc1ccc(Nc2c3ccccc3nc3cc(NC(C)=O)ccc23)cc1.CS(=O)(=O)O. The van der Waals surface area contributed by atoms with Crippen LogP contribution in [0.25, 0.3) is 21.8 Å². The zero-order chi connectivity index (χ0) is 27.2. The lowest BCUT2D eigenvalue weighted by Gasteiger charge is -2.15. The van der Waals surface area contributed by atoms with Crippen LogP contribution >= 0.6 is 0 Å². The Morgan fingerprint density at radius 3 is 2.05 bits per heavy atom. The molecule has 1 amide bonds. The van der Waals surface area contributed by atoms with E-state index in [2.05, 4.69) is 15.4 Å². The number of sulfonamides is 1. The molecule has 0 atom stereocenters. The van der Waals surface area contributed by atoms with E-state index in [0.717, 1.165) is 33.2 Å². The fraction of sp³-hybridized carbons (Fsp3) is 0.200. The van der Waals surface area contributed by atoms with Gasteiger partial charge in [-0.2, -0.15) is 8.42 Å². The van der Waals surface area contributed by atoms with Gasteiger partial charge in [0.15, 0.2) is 0 Å². The van der Waals surface area contributed by atoms with Crippen molar-refractivity contribution in [2.24, 2.45) is 0 Å². The van der Waals surface area contributed by atoms with Crippen molar-refractivity contribution >= 4 is 70.6 Å². The number of pyridine rings is 1. The molecule has 0 aliphatic carbocycles. The highest BCUT2D eigenvalue weighted by Gasteiger charge is 2.12. The maximum absolute atomic E-state index is 12.0. The quantitative estimate of drug-likeness (QED) is 0.192. The first kappa shape index (κ1) is 27.8. The molecule has 4 rings (SSSR count). The largest absolute Gasteiger partial charge is 0.354 e. The van der Waals surface area contributed by atoms with E-state index in [1.54, 1.807) is 12.1 Å². The fourth-order valence-electron chi connectivity index (χ4n) is 3.57. The molecule has 0 aliphatic rings. The number of anilines is 4. The summed E-state index contributed by atoms with van der Waals surface area (Å²) < 4.78 is 52.5. The number of aromatic nitrogens is 1. The second-order valence-electron chi connectivity index (χ2n) is 8.27. The number of benzene rings is 3. The molecular formula is C25H28N4O6S2. The first-order chi connectivity index (χ1) is 17.3. The van der Waals surface area contributed by atoms with Gasteiger partial charge in [0.25, 0.3) is 10.1 Å². The van der Waals surface area contributed by atoms with Gasteiger partial charge < -0.3 is 10.6 Å². The average molecular weight is 545 g/mol. The molecule has 1 heterocycles. The number of nitrogens with one attached hydrogen (secondary N) is 3. The Morgan fingerprint density at radius 2 is 1.43 bits per heavy atom. The van der Waals surface area contributed by atoms with Crippen molar-refractivity contribution in [1.82, 2.24) is 4.98 Å². The lowest BCUT2D eigenvalue weighted by molar-refractivity contribution is -0.114. The number of carbonyl (C=O) groups excluding carboxylic acids is 1. The molecule has 37 heavy (non-hydrogen) atoms. The van der Waals surface area contributed by atoms with Gasteiger partial charge in [0, 0.05) is 34.8 Å². The summed E-state index contributed by atoms with van der Waals surface area (Å²) in [5, 5.41) is 8.12. The van der Waals surface area contributed by atoms with Crippen molar-refractivity contribution < 1.29 is 26.2 Å². The van der Waals surface area contributed by atoms with Crippen molar-refractivity contribution in [3.63, 3.8) is 0 Å². The number of fused-ring (bicyclic) bond motifs is 2. The zero-order valence-electron chi connectivity index (χ0n) is 20.5. The Hall–Kier alpha value is -3.74. The van der Waals surface area contributed by atoms with Crippen LogP contribution in [0.4, 0.5) is 22.7 Å². The standard InChI is InChI=1S/C24H24N4O3S.CH4O3S/c1-3-14-32(30,31)28-18-10-8-17(9-11-18)26-24-20-6-4-5-7-22(20)27-23-15-19(25-16(2)29)12-13-21(23)24;1-5(2,3)4/h4-13,15,28H,3,14H2,1-2H3,(H,25,29)(H,26,27);1H3,(H,2,3,4). The Balaban J connectivity index is 0.000000695. The van der Waals surface area contributed by atoms with Crippen LogP contribution in [0.2, 0.25) is 0 Å². The minimum absolute atomic E-state index is 0.0858. The summed E-state index contributed by atoms with van der Waals surface area (Å²) in [5.74, 6) is -0.0548. The number of para-hydroxylation sites is 1. The average Bonchev–Trinajstić information content (AvgIpc) is 2.78. The molecule has 1 aromatic heterocycles. The van der Waals surface area contributed by atoms with Gasteiger partial charge in [-0.1, -0.05) is 25.1 Å². The molecule has 0 spiro atoms. The van der Waals surface area contributed by atoms with Crippen LogP contribution < -0.4 is 15.4 Å². The summed E-state index contributed by atoms with van der Waals surface area (Å²) in [5.41, 5.74) is 4.48. The van der Waals surface area contributed by atoms with Gasteiger partial charge in [0.2, 0.25) is 15.9 Å². The number of rotatable bonds is 7. The lowest BCUT2D eigenvalue weighted by Crippen LogP contribution is -2.15. The summed E-state index contributed by atoms with van der Waals surface area (Å²) in [7, 11) is -7.00. The molecular weight excluding hydrogens is 516 g/mol. The molecule has 0 radical (unpaired) electrons. The number of carbonyl (C=O) groups is 1. The highest BCUT2D eigenvalue weighted by atomic mass is 32.2. The van der Waals surface area contributed by atoms with Crippen LogP contribution in [0.5, 0.6) is 0 Å². The maximum Gasteiger partial charge on any atom is 0.261 e. The molecule has 0 saturated heterocycles. The van der Waals surface area contributed by atoms with Crippen molar-refractivity contribution in [1.29, 1.82) is 0 Å². The fourth-order valence-corrected chi connectivity index (χ4v) is 4.71. The number of nitrogens with zero attached hydrogens (tertiary/aromatic N) is 1. The summed E-state index contributed by atoms with van der Waals surface area (Å²) in [4.78, 5) is 16.2. The molecule has 12 heteroatoms. The molecule has 196 valence electrons. The zero-order valence-corrected chi connectivity index (χ0v) is 22.2. The van der Waals surface area contributed by atoms with E-state index in [0.29, 0.717) is 24.1 Å². The second kappa shape index (κ2) is 11.5. The normalized spacial score (nSPS) is 11.5. The number of amides is 1. The van der Waals surface area contributed by atoms with Crippen LogP contribution in [-0.4, -0.2) is 44.3 Å². The summed E-state index contributed by atoms with van der Waals surface area (Å²) in [6.45, 7) is 3.30. The van der Waals surface area contributed by atoms with Crippen molar-refractivity contribution in [2.45, 2.75) is 20.3 Å². The Labute approximate surface area is 215 Å². The molecule has 3 aromatic carbocycles. The Kier molecular flexibility index (Phi) is 8.69. The van der Waals surface area contributed by atoms with Crippen LogP contribution in [0.1, 0.15) is 20.3 Å². The highest BCUT2D eigenvalue weighted by molar-refractivity contribution is 7.92. The van der Waals surface area contributed by atoms with Gasteiger partial charge in [-0.15, -0.1) is 0 Å². The van der Waals surface area contributed by atoms with Crippen LogP contribution in [0, 0.1) is 0 Å². The van der Waals surface area contributed by atoms with Crippen molar-refractivity contribution in [2.75, 3.05) is 27.4 Å². The van der Waals surface area contributed by atoms with E-state index < -0.39 is 20.1 Å². The van der Waals surface area contributed by atoms with Gasteiger partial charge in [-0.3, -0.25) is 14.1 Å². The third-order valence-electron chi connectivity index (χ3n) is 4.90. The van der Waals surface area contributed by atoms with Crippen LogP contribution in [-0.2, 0) is 24.9 Å². The van der Waals surface area contributed by atoms with E-state index in [1.165, 1.54) is 6.92 Å². The first-order valence-electron chi connectivity index (χ1n) is 11.2. The van der Waals surface area contributed by atoms with Crippen molar-refractivity contribution in [3.8, 4) is 0 Å². The summed E-state index contributed by atoms with van der Waals surface area (Å²) >= 11 is 0. The summed E-state index contributed by atoms with van der Waals surface area (Å²) in [6, 6.07) is 20.6. The third-order valence-corrected chi connectivity index (χ3v) is 6.39. The Bertz CT molecular complexity index is 1630. The van der Waals surface area contributed by atoms with Gasteiger partial charge in [0.1, 0.15) is 0 Å². The number of hydrogen-bond acceptors (Lipinski definition) is 7. The molecule has 0 fully saturated rings. The Morgan fingerprint density at radius 1 is 0.865 bits per heavy atom. The smallest absolute Gasteiger partial charge is 0.261 e. The molecule has 10 nitrogen and oxygen atoms in total. The highest BCUT2D eigenvalue weighted by Crippen LogP contribution is 2.34. The second-order valence-corrected chi connectivity index (χ2v) is 11.6. The van der Waals surface area contributed by atoms with Crippen LogP contribution in [0.3, 0.4) is 0 Å². The molecule has 0 unspecified atom stereocenters. The molecule has 0 saturated carbocycles. The lowest BCUT2D eigenvalue weighted by atomic mass is 10.1. The maximum atomic E-state index is 12.0. The third kappa shape index (κ3) is 8.41. The van der Waals surface area contributed by atoms with Gasteiger partial charge in [0.05, 0.1) is 28.7 Å². The molecule has 4 aromatic rings. The minimum Gasteiger partial charge on any atom is -0.354 e. The minimum atomic E-state index is -3.67. The molecule has 4 N–H and O–H groups in total. The van der Waals surface area contributed by atoms with Crippen molar-refractivity contribution in [3.05, 3.63) is 66.7 Å².